The Balaban J connectivity index is 2.07. The molecule has 0 aliphatic rings. The highest BCUT2D eigenvalue weighted by molar-refractivity contribution is 6.42. The molecule has 1 heterocycles. The number of nitrogens with one attached hydrogen (secondary N) is 1. The molecule has 1 aromatic carbocycles. The van der Waals surface area contributed by atoms with E-state index in [1.807, 2.05) is 23.9 Å². The minimum Gasteiger partial charge on any atom is -0.397 e. The third-order valence-electron chi connectivity index (χ3n) is 2.51. The summed E-state index contributed by atoms with van der Waals surface area (Å²) in [6, 6.07) is 5.44. The maximum atomic E-state index is 5.97. The fourth-order valence-corrected chi connectivity index (χ4v) is 2.02. The summed E-state index contributed by atoms with van der Waals surface area (Å²) in [5.74, 6) is 0. The summed E-state index contributed by atoms with van der Waals surface area (Å²) < 4.78 is 1.85. The van der Waals surface area contributed by atoms with Crippen LogP contribution in [-0.2, 0) is 6.54 Å². The summed E-state index contributed by atoms with van der Waals surface area (Å²) >= 11 is 11.9. The molecule has 18 heavy (non-hydrogen) atoms. The van der Waals surface area contributed by atoms with E-state index in [1.54, 1.807) is 18.3 Å². The zero-order valence-electron chi connectivity index (χ0n) is 9.90. The number of benzene rings is 1. The molecular formula is C12H14Cl2N4. The van der Waals surface area contributed by atoms with Gasteiger partial charge in [-0.2, -0.15) is 5.10 Å². The Labute approximate surface area is 116 Å². The smallest absolute Gasteiger partial charge is 0.0614 e. The molecule has 0 aliphatic heterocycles. The quantitative estimate of drug-likeness (QED) is 0.848. The van der Waals surface area contributed by atoms with E-state index in [0.29, 0.717) is 15.7 Å². The van der Waals surface area contributed by atoms with E-state index in [2.05, 4.69) is 10.4 Å². The lowest BCUT2D eigenvalue weighted by Crippen LogP contribution is -2.22. The molecule has 0 amide bonds. The summed E-state index contributed by atoms with van der Waals surface area (Å²) in [6.07, 6.45) is 3.66. The van der Waals surface area contributed by atoms with E-state index in [9.17, 15) is 0 Å². The zero-order chi connectivity index (χ0) is 13.1. The number of nitrogens with zero attached hydrogens (tertiary/aromatic N) is 2. The molecule has 0 fully saturated rings. The van der Waals surface area contributed by atoms with Crippen LogP contribution < -0.4 is 11.1 Å². The van der Waals surface area contributed by atoms with Gasteiger partial charge < -0.3 is 11.1 Å². The molecular weight excluding hydrogens is 271 g/mol. The van der Waals surface area contributed by atoms with Crippen molar-refractivity contribution in [3.05, 3.63) is 40.6 Å². The van der Waals surface area contributed by atoms with Gasteiger partial charge in [0.05, 0.1) is 28.0 Å². The van der Waals surface area contributed by atoms with E-state index >= 15 is 0 Å². The van der Waals surface area contributed by atoms with Gasteiger partial charge in [0.1, 0.15) is 0 Å². The highest BCUT2D eigenvalue weighted by Gasteiger charge is 2.08. The summed E-state index contributed by atoms with van der Waals surface area (Å²) in [7, 11) is 0. The highest BCUT2D eigenvalue weighted by atomic mass is 35.5. The van der Waals surface area contributed by atoms with E-state index in [0.717, 1.165) is 12.2 Å². The second-order valence-electron chi connectivity index (χ2n) is 4.13. The molecule has 0 aliphatic carbocycles. The molecule has 0 saturated heterocycles. The Hall–Kier alpha value is -1.39. The SMILES string of the molecule is CC(Cn1cccn1)Nc1cc(Cl)c(Cl)cc1N. The molecule has 2 rings (SSSR count). The van der Waals surface area contributed by atoms with Gasteiger partial charge >= 0.3 is 0 Å². The minimum atomic E-state index is 0.171. The normalized spacial score (nSPS) is 12.4. The summed E-state index contributed by atoms with van der Waals surface area (Å²) in [4.78, 5) is 0. The van der Waals surface area contributed by atoms with Gasteiger partial charge in [-0.3, -0.25) is 4.68 Å². The average Bonchev–Trinajstić information content (AvgIpc) is 2.78. The third kappa shape index (κ3) is 3.09. The fraction of sp³-hybridized carbons (Fsp3) is 0.250. The molecule has 96 valence electrons. The lowest BCUT2D eigenvalue weighted by atomic mass is 10.2. The van der Waals surface area contributed by atoms with Crippen LogP contribution in [-0.4, -0.2) is 15.8 Å². The molecule has 0 spiro atoms. The van der Waals surface area contributed by atoms with Gasteiger partial charge in [-0.25, -0.2) is 0 Å². The number of rotatable bonds is 4. The van der Waals surface area contributed by atoms with Crippen molar-refractivity contribution in [3.8, 4) is 0 Å². The average molecular weight is 285 g/mol. The molecule has 2 aromatic rings. The first-order valence-electron chi connectivity index (χ1n) is 5.54. The number of nitrogen functional groups attached to an aromatic ring is 1. The number of hydrogen-bond donors (Lipinski definition) is 2. The lowest BCUT2D eigenvalue weighted by Gasteiger charge is -2.17. The first-order valence-corrected chi connectivity index (χ1v) is 6.30. The standard InChI is InChI=1S/C12H14Cl2N4/c1-8(7-18-4-2-3-16-18)17-12-6-10(14)9(13)5-11(12)15/h2-6,8,17H,7,15H2,1H3. The van der Waals surface area contributed by atoms with Crippen molar-refractivity contribution in [2.75, 3.05) is 11.1 Å². The Morgan fingerprint density at radius 1 is 1.39 bits per heavy atom. The number of anilines is 2. The molecule has 1 atom stereocenters. The van der Waals surface area contributed by atoms with Gasteiger partial charge in [-0.15, -0.1) is 0 Å². The van der Waals surface area contributed by atoms with Crippen molar-refractivity contribution in [1.29, 1.82) is 0 Å². The van der Waals surface area contributed by atoms with Crippen LogP contribution in [0.2, 0.25) is 10.0 Å². The summed E-state index contributed by atoms with van der Waals surface area (Å²) in [6.45, 7) is 2.79. The second kappa shape index (κ2) is 5.50. The van der Waals surface area contributed by atoms with Crippen LogP contribution in [0.1, 0.15) is 6.92 Å². The van der Waals surface area contributed by atoms with Gasteiger partial charge in [0, 0.05) is 18.4 Å². The van der Waals surface area contributed by atoms with Gasteiger partial charge in [0.2, 0.25) is 0 Å². The Kier molecular flexibility index (Phi) is 3.99. The van der Waals surface area contributed by atoms with Crippen LogP contribution in [0.15, 0.2) is 30.6 Å². The first kappa shape index (κ1) is 13.1. The van der Waals surface area contributed by atoms with E-state index in [1.165, 1.54) is 0 Å². The maximum Gasteiger partial charge on any atom is 0.0614 e. The molecule has 0 saturated carbocycles. The zero-order valence-corrected chi connectivity index (χ0v) is 11.4. The van der Waals surface area contributed by atoms with Crippen LogP contribution in [0, 0.1) is 0 Å². The Morgan fingerprint density at radius 2 is 2.11 bits per heavy atom. The Bertz CT molecular complexity index is 525. The van der Waals surface area contributed by atoms with E-state index in [-0.39, 0.29) is 6.04 Å². The lowest BCUT2D eigenvalue weighted by molar-refractivity contribution is 0.561. The van der Waals surface area contributed by atoms with Crippen molar-refractivity contribution >= 4 is 34.6 Å². The van der Waals surface area contributed by atoms with Gasteiger partial charge in [-0.05, 0) is 25.1 Å². The highest BCUT2D eigenvalue weighted by Crippen LogP contribution is 2.31. The monoisotopic (exact) mass is 284 g/mol. The van der Waals surface area contributed by atoms with Crippen molar-refractivity contribution in [1.82, 2.24) is 9.78 Å². The van der Waals surface area contributed by atoms with Crippen LogP contribution in [0.25, 0.3) is 0 Å². The van der Waals surface area contributed by atoms with Crippen LogP contribution in [0.5, 0.6) is 0 Å². The van der Waals surface area contributed by atoms with Crippen LogP contribution in [0.3, 0.4) is 0 Å². The van der Waals surface area contributed by atoms with E-state index in [4.69, 9.17) is 28.9 Å². The van der Waals surface area contributed by atoms with Crippen molar-refractivity contribution in [2.24, 2.45) is 0 Å². The molecule has 6 heteroatoms. The number of aromatic nitrogens is 2. The van der Waals surface area contributed by atoms with Crippen molar-refractivity contribution in [3.63, 3.8) is 0 Å². The second-order valence-corrected chi connectivity index (χ2v) is 4.94. The topological polar surface area (TPSA) is 55.9 Å². The predicted octanol–water partition coefficient (Wildman–Crippen LogP) is 3.27. The van der Waals surface area contributed by atoms with Gasteiger partial charge in [-0.1, -0.05) is 23.2 Å². The molecule has 3 N–H and O–H groups in total. The molecule has 0 bridgehead atoms. The number of nitrogens with two attached hydrogens (primary N) is 1. The maximum absolute atomic E-state index is 5.97. The first-order chi connectivity index (χ1) is 8.56. The number of hydrogen-bond acceptors (Lipinski definition) is 3. The summed E-state index contributed by atoms with van der Waals surface area (Å²) in [5.41, 5.74) is 7.25. The van der Waals surface area contributed by atoms with Crippen LogP contribution >= 0.6 is 23.2 Å². The van der Waals surface area contributed by atoms with Crippen molar-refractivity contribution < 1.29 is 0 Å². The molecule has 1 aromatic heterocycles. The third-order valence-corrected chi connectivity index (χ3v) is 3.24. The molecule has 1 unspecified atom stereocenters. The Morgan fingerprint density at radius 3 is 2.78 bits per heavy atom. The largest absolute Gasteiger partial charge is 0.397 e. The van der Waals surface area contributed by atoms with E-state index < -0.39 is 0 Å². The summed E-state index contributed by atoms with van der Waals surface area (Å²) in [5, 5.41) is 8.38. The minimum absolute atomic E-state index is 0.171. The van der Waals surface area contributed by atoms with Gasteiger partial charge in [0.15, 0.2) is 0 Å². The predicted molar refractivity (Wildman–Crippen MR) is 76.2 cm³/mol. The van der Waals surface area contributed by atoms with Crippen LogP contribution in [0.4, 0.5) is 11.4 Å². The van der Waals surface area contributed by atoms with Crippen molar-refractivity contribution in [2.45, 2.75) is 19.5 Å². The van der Waals surface area contributed by atoms with Gasteiger partial charge in [0.25, 0.3) is 0 Å². The molecule has 4 nitrogen and oxygen atoms in total. The number of halogens is 2. The fourth-order valence-electron chi connectivity index (χ4n) is 1.69. The molecule has 0 radical (unpaired) electrons.